The van der Waals surface area contributed by atoms with Gasteiger partial charge in [-0.1, -0.05) is 18.2 Å². The van der Waals surface area contributed by atoms with Crippen LogP contribution in [0.2, 0.25) is 0 Å². The zero-order valence-electron chi connectivity index (χ0n) is 9.87. The number of aromatic nitrogens is 2. The first-order valence-electron chi connectivity index (χ1n) is 5.74. The number of nitrogens with zero attached hydrogens (tertiary/aromatic N) is 2. The van der Waals surface area contributed by atoms with Crippen molar-refractivity contribution in [1.29, 1.82) is 0 Å². The molecule has 0 saturated carbocycles. The number of aliphatic hydroxyl groups is 1. The number of benzene rings is 1. The molecule has 4 heteroatoms. The molecule has 0 aliphatic carbocycles. The molecule has 18 heavy (non-hydrogen) atoms. The second-order valence-electron chi connectivity index (χ2n) is 4.11. The summed E-state index contributed by atoms with van der Waals surface area (Å²) in [6, 6.07) is 11.4. The van der Waals surface area contributed by atoms with Crippen molar-refractivity contribution >= 4 is 11.2 Å². The van der Waals surface area contributed by atoms with Crippen LogP contribution in [0.15, 0.2) is 47.0 Å². The standard InChI is InChI=1S/C14H12N2O2/c1-9(17)11-7-8-15-13-12(11)18-14(16-13)10-5-3-2-4-6-10/h2-9,17H,1H3. The van der Waals surface area contributed by atoms with Crippen LogP contribution in [0.4, 0.5) is 0 Å². The molecule has 1 unspecified atom stereocenters. The first-order chi connectivity index (χ1) is 8.75. The molecule has 0 bridgehead atoms. The molecule has 3 rings (SSSR count). The molecule has 0 spiro atoms. The molecule has 1 atom stereocenters. The number of rotatable bonds is 2. The minimum Gasteiger partial charge on any atom is -0.434 e. The predicted octanol–water partition coefficient (Wildman–Crippen LogP) is 2.94. The van der Waals surface area contributed by atoms with Gasteiger partial charge in [0, 0.05) is 17.3 Å². The summed E-state index contributed by atoms with van der Waals surface area (Å²) in [4.78, 5) is 8.49. The van der Waals surface area contributed by atoms with Gasteiger partial charge in [0.1, 0.15) is 0 Å². The van der Waals surface area contributed by atoms with Gasteiger partial charge in [0.05, 0.1) is 6.10 Å². The van der Waals surface area contributed by atoms with Crippen LogP contribution in [-0.4, -0.2) is 15.1 Å². The van der Waals surface area contributed by atoms with Crippen molar-refractivity contribution in [3.8, 4) is 11.5 Å². The normalized spacial score (nSPS) is 12.8. The van der Waals surface area contributed by atoms with Gasteiger partial charge < -0.3 is 9.52 Å². The van der Waals surface area contributed by atoms with Gasteiger partial charge in [-0.15, -0.1) is 0 Å². The maximum atomic E-state index is 9.69. The van der Waals surface area contributed by atoms with Crippen molar-refractivity contribution in [3.63, 3.8) is 0 Å². The number of aliphatic hydroxyl groups excluding tert-OH is 1. The van der Waals surface area contributed by atoms with E-state index >= 15 is 0 Å². The molecule has 0 aliphatic heterocycles. The lowest BCUT2D eigenvalue weighted by Crippen LogP contribution is -1.91. The first kappa shape index (κ1) is 10.9. The average Bonchev–Trinajstić information content (AvgIpc) is 2.83. The maximum absolute atomic E-state index is 9.69. The molecule has 2 aromatic heterocycles. The number of hydrogen-bond donors (Lipinski definition) is 1. The van der Waals surface area contributed by atoms with Crippen molar-refractivity contribution in [2.45, 2.75) is 13.0 Å². The van der Waals surface area contributed by atoms with E-state index in [2.05, 4.69) is 9.97 Å². The van der Waals surface area contributed by atoms with Gasteiger partial charge in [-0.05, 0) is 25.1 Å². The number of pyridine rings is 1. The Hall–Kier alpha value is -2.20. The number of fused-ring (bicyclic) bond motifs is 1. The first-order valence-corrected chi connectivity index (χ1v) is 5.74. The lowest BCUT2D eigenvalue weighted by Gasteiger charge is -2.02. The molecular weight excluding hydrogens is 228 g/mol. The van der Waals surface area contributed by atoms with Crippen molar-refractivity contribution < 1.29 is 9.52 Å². The van der Waals surface area contributed by atoms with Crippen LogP contribution >= 0.6 is 0 Å². The van der Waals surface area contributed by atoms with Gasteiger partial charge in [-0.2, -0.15) is 4.98 Å². The fourth-order valence-electron chi connectivity index (χ4n) is 1.88. The molecule has 4 nitrogen and oxygen atoms in total. The highest BCUT2D eigenvalue weighted by Gasteiger charge is 2.14. The Morgan fingerprint density at radius 2 is 1.94 bits per heavy atom. The lowest BCUT2D eigenvalue weighted by atomic mass is 10.1. The van der Waals surface area contributed by atoms with E-state index in [1.165, 1.54) is 0 Å². The molecular formula is C14H12N2O2. The van der Waals surface area contributed by atoms with Crippen molar-refractivity contribution in [2.75, 3.05) is 0 Å². The Kier molecular flexibility index (Phi) is 2.57. The Labute approximate surface area is 104 Å². The quantitative estimate of drug-likeness (QED) is 0.748. The van der Waals surface area contributed by atoms with E-state index in [4.69, 9.17) is 4.42 Å². The van der Waals surface area contributed by atoms with Crippen LogP contribution in [0, 0.1) is 0 Å². The zero-order chi connectivity index (χ0) is 12.5. The minimum absolute atomic E-state index is 0.520. The third-order valence-corrected chi connectivity index (χ3v) is 2.79. The summed E-state index contributed by atoms with van der Waals surface area (Å²) in [5, 5.41) is 9.69. The molecule has 0 saturated heterocycles. The number of hydrogen-bond acceptors (Lipinski definition) is 4. The van der Waals surface area contributed by atoms with Gasteiger partial charge in [0.2, 0.25) is 5.89 Å². The van der Waals surface area contributed by atoms with Crippen LogP contribution in [0.1, 0.15) is 18.6 Å². The molecule has 90 valence electrons. The Morgan fingerprint density at radius 1 is 1.17 bits per heavy atom. The second kappa shape index (κ2) is 4.23. The third kappa shape index (κ3) is 1.76. The average molecular weight is 240 g/mol. The second-order valence-corrected chi connectivity index (χ2v) is 4.11. The molecule has 1 aromatic carbocycles. The molecule has 2 heterocycles. The summed E-state index contributed by atoms with van der Waals surface area (Å²) in [5.74, 6) is 0.520. The largest absolute Gasteiger partial charge is 0.434 e. The van der Waals surface area contributed by atoms with Crippen LogP contribution in [0.5, 0.6) is 0 Å². The molecule has 0 aliphatic rings. The summed E-state index contributed by atoms with van der Waals surface area (Å²) in [6.07, 6.45) is 1.02. The minimum atomic E-state index is -0.605. The maximum Gasteiger partial charge on any atom is 0.228 e. The highest BCUT2D eigenvalue weighted by Crippen LogP contribution is 2.27. The van der Waals surface area contributed by atoms with Gasteiger partial charge in [-0.25, -0.2) is 4.98 Å². The Balaban J connectivity index is 2.20. The summed E-state index contributed by atoms with van der Waals surface area (Å²) in [7, 11) is 0. The lowest BCUT2D eigenvalue weighted by molar-refractivity contribution is 0.199. The fraction of sp³-hybridized carbons (Fsp3) is 0.143. The molecule has 0 radical (unpaired) electrons. The predicted molar refractivity (Wildman–Crippen MR) is 67.9 cm³/mol. The van der Waals surface area contributed by atoms with Gasteiger partial charge >= 0.3 is 0 Å². The smallest absolute Gasteiger partial charge is 0.228 e. The zero-order valence-corrected chi connectivity index (χ0v) is 9.87. The highest BCUT2D eigenvalue weighted by molar-refractivity contribution is 5.75. The SMILES string of the molecule is CC(O)c1ccnc2nc(-c3ccccc3)oc12. The van der Waals surface area contributed by atoms with E-state index in [0.29, 0.717) is 22.7 Å². The van der Waals surface area contributed by atoms with Crippen LogP contribution in [0.25, 0.3) is 22.7 Å². The van der Waals surface area contributed by atoms with Crippen LogP contribution in [-0.2, 0) is 0 Å². The molecule has 1 N–H and O–H groups in total. The van der Waals surface area contributed by atoms with Crippen molar-refractivity contribution in [3.05, 3.63) is 48.2 Å². The summed E-state index contributed by atoms with van der Waals surface area (Å²) in [6.45, 7) is 1.69. The molecule has 0 fully saturated rings. The van der Waals surface area contributed by atoms with E-state index in [1.807, 2.05) is 30.3 Å². The topological polar surface area (TPSA) is 59.2 Å². The summed E-state index contributed by atoms with van der Waals surface area (Å²) >= 11 is 0. The van der Waals surface area contributed by atoms with E-state index in [0.717, 1.165) is 5.56 Å². The fourth-order valence-corrected chi connectivity index (χ4v) is 1.88. The van der Waals surface area contributed by atoms with Gasteiger partial charge in [0.15, 0.2) is 11.2 Å². The van der Waals surface area contributed by atoms with Crippen molar-refractivity contribution in [1.82, 2.24) is 9.97 Å². The van der Waals surface area contributed by atoms with E-state index in [1.54, 1.807) is 19.2 Å². The van der Waals surface area contributed by atoms with Crippen LogP contribution < -0.4 is 0 Å². The van der Waals surface area contributed by atoms with Crippen molar-refractivity contribution in [2.24, 2.45) is 0 Å². The summed E-state index contributed by atoms with van der Waals surface area (Å²) in [5.41, 5.74) is 2.67. The van der Waals surface area contributed by atoms with Gasteiger partial charge in [0.25, 0.3) is 0 Å². The van der Waals surface area contributed by atoms with E-state index in [9.17, 15) is 5.11 Å². The monoisotopic (exact) mass is 240 g/mol. The van der Waals surface area contributed by atoms with E-state index < -0.39 is 6.10 Å². The summed E-state index contributed by atoms with van der Waals surface area (Å²) < 4.78 is 5.71. The van der Waals surface area contributed by atoms with Gasteiger partial charge in [-0.3, -0.25) is 0 Å². The van der Waals surface area contributed by atoms with Crippen LogP contribution in [0.3, 0.4) is 0 Å². The molecule has 3 aromatic rings. The molecule has 0 amide bonds. The third-order valence-electron chi connectivity index (χ3n) is 2.79. The Morgan fingerprint density at radius 3 is 2.67 bits per heavy atom. The number of oxazole rings is 1. The Bertz CT molecular complexity index is 675. The van der Waals surface area contributed by atoms with E-state index in [-0.39, 0.29) is 0 Å². The highest BCUT2D eigenvalue weighted by atomic mass is 16.4.